The first-order valence-electron chi connectivity index (χ1n) is 18.6. The zero-order chi connectivity index (χ0) is 38.2. The number of Topliss-reactive ketones (excluding diaryl/α,β-unsaturated/α-hetero) is 1. The number of esters is 2. The molecule has 0 saturated heterocycles. The van der Waals surface area contributed by atoms with Gasteiger partial charge in [-0.3, -0.25) is 19.2 Å². The zero-order valence-electron chi connectivity index (χ0n) is 31.3. The third kappa shape index (κ3) is 7.61. The van der Waals surface area contributed by atoms with Crippen LogP contribution in [-0.4, -0.2) is 73.0 Å². The highest BCUT2D eigenvalue weighted by Crippen LogP contribution is 2.68. The number of ketones is 1. The molecule has 0 unspecified atom stereocenters. The number of aliphatic hydroxyl groups is 1. The van der Waals surface area contributed by atoms with Gasteiger partial charge < -0.3 is 19.9 Å². The molecule has 1 aromatic carbocycles. The molecule has 52 heavy (non-hydrogen) atoms. The lowest BCUT2D eigenvalue weighted by molar-refractivity contribution is -0.205. The van der Waals surface area contributed by atoms with Crippen LogP contribution in [0.1, 0.15) is 92.9 Å². The second-order valence-electron chi connectivity index (χ2n) is 16.1. The molecule has 11 atom stereocenters. The molecule has 2 bridgehead atoms. The topological polar surface area (TPSA) is 165 Å². The van der Waals surface area contributed by atoms with Crippen LogP contribution >= 0.6 is 11.8 Å². The fourth-order valence-corrected chi connectivity index (χ4v) is 12.5. The van der Waals surface area contributed by atoms with Crippen LogP contribution in [0.5, 0.6) is 0 Å². The molecule has 11 nitrogen and oxygen atoms in total. The van der Waals surface area contributed by atoms with Gasteiger partial charge in [-0.25, -0.2) is 13.1 Å². The monoisotopic (exact) mass is 760 g/mol. The summed E-state index contributed by atoms with van der Waals surface area (Å²) in [4.78, 5) is 51.8. The van der Waals surface area contributed by atoms with Crippen LogP contribution in [0.3, 0.4) is 0 Å². The van der Waals surface area contributed by atoms with E-state index in [4.69, 9.17) is 9.47 Å². The van der Waals surface area contributed by atoms with Gasteiger partial charge in [-0.2, -0.15) is 0 Å². The zero-order valence-corrected chi connectivity index (χ0v) is 32.9. The summed E-state index contributed by atoms with van der Waals surface area (Å²) >= 11 is 1.29. The average Bonchev–Trinajstić information content (AvgIpc) is 3.45. The van der Waals surface area contributed by atoms with Gasteiger partial charge in [-0.1, -0.05) is 33.8 Å². The van der Waals surface area contributed by atoms with E-state index in [9.17, 15) is 32.7 Å². The van der Waals surface area contributed by atoms with Gasteiger partial charge in [-0.15, -0.1) is 18.3 Å². The van der Waals surface area contributed by atoms with E-state index >= 15 is 0 Å². The van der Waals surface area contributed by atoms with Gasteiger partial charge in [0.15, 0.2) is 0 Å². The number of carbonyl (C=O) groups is 4. The summed E-state index contributed by atoms with van der Waals surface area (Å²) in [7, 11) is -4.04. The molecule has 0 aromatic heterocycles. The number of amides is 1. The van der Waals surface area contributed by atoms with Crippen molar-refractivity contribution in [1.29, 1.82) is 0 Å². The van der Waals surface area contributed by atoms with E-state index < -0.39 is 51.0 Å². The third-order valence-electron chi connectivity index (χ3n) is 13.2. The summed E-state index contributed by atoms with van der Waals surface area (Å²) in [5.74, 6) is -1.89. The van der Waals surface area contributed by atoms with Crippen molar-refractivity contribution < 1.29 is 42.2 Å². The van der Waals surface area contributed by atoms with Crippen molar-refractivity contribution in [3.8, 4) is 0 Å². The number of ether oxygens (including phenoxy) is 2. The molecular formula is C39H56N2O9S2. The molecule has 3 N–H and O–H groups in total. The molecule has 4 aliphatic carbocycles. The predicted octanol–water partition coefficient (Wildman–Crippen LogP) is 5.66. The summed E-state index contributed by atoms with van der Waals surface area (Å²) in [6.07, 6.45) is 4.70. The lowest BCUT2D eigenvalue weighted by Crippen LogP contribution is -2.63. The number of hydrogen-bond donors (Lipinski definition) is 3. The SMILES string of the molecule is C=C[C@]1(C)C[C@@H](OC(=O)CS[C@@H]2CC[C@H](C(=O)OCC)C[C@H]2NS(=O)(=O)c2ccc(NC(C)=O)cc2)[C@]2(C)[C@H](C)CC[C@]3(CCC(=O)[C@H]32)[C@@H](C)[C@@H]1O. The quantitative estimate of drug-likeness (QED) is 0.189. The van der Waals surface area contributed by atoms with E-state index in [1.165, 1.54) is 43.0 Å². The second kappa shape index (κ2) is 15.5. The lowest BCUT2D eigenvalue weighted by atomic mass is 9.44. The normalized spacial score (nSPS) is 37.6. The van der Waals surface area contributed by atoms with Crippen LogP contribution in [0.25, 0.3) is 0 Å². The fourth-order valence-electron chi connectivity index (χ4n) is 10.00. The van der Waals surface area contributed by atoms with Crippen molar-refractivity contribution in [3.63, 3.8) is 0 Å². The Balaban J connectivity index is 1.36. The number of thioether (sulfide) groups is 1. The van der Waals surface area contributed by atoms with Gasteiger partial charge >= 0.3 is 11.9 Å². The number of benzene rings is 1. The Morgan fingerprint density at radius 1 is 1.10 bits per heavy atom. The molecule has 0 heterocycles. The van der Waals surface area contributed by atoms with Crippen molar-refractivity contribution in [2.75, 3.05) is 17.7 Å². The summed E-state index contributed by atoms with van der Waals surface area (Å²) in [6, 6.07) is 5.13. The van der Waals surface area contributed by atoms with E-state index in [-0.39, 0.29) is 69.8 Å². The molecule has 5 rings (SSSR count). The van der Waals surface area contributed by atoms with Crippen LogP contribution in [-0.2, 0) is 38.7 Å². The number of nitrogens with one attached hydrogen (secondary N) is 2. The van der Waals surface area contributed by atoms with Crippen LogP contribution in [0.15, 0.2) is 41.8 Å². The Kier molecular flexibility index (Phi) is 12.1. The smallest absolute Gasteiger partial charge is 0.316 e. The maximum atomic E-state index is 13.9. The number of rotatable bonds is 11. The van der Waals surface area contributed by atoms with E-state index in [2.05, 4.69) is 37.4 Å². The highest BCUT2D eigenvalue weighted by atomic mass is 32.2. The van der Waals surface area contributed by atoms with Gasteiger partial charge in [0.25, 0.3) is 0 Å². The Bertz CT molecular complexity index is 1650. The minimum Gasteiger partial charge on any atom is -0.466 e. The Hall–Kier alpha value is -2.74. The maximum Gasteiger partial charge on any atom is 0.316 e. The van der Waals surface area contributed by atoms with Crippen molar-refractivity contribution >= 4 is 51.1 Å². The van der Waals surface area contributed by atoms with Gasteiger partial charge in [0.1, 0.15) is 11.9 Å². The molecule has 4 fully saturated rings. The third-order valence-corrected chi connectivity index (χ3v) is 16.1. The largest absolute Gasteiger partial charge is 0.466 e. The van der Waals surface area contributed by atoms with Gasteiger partial charge in [-0.05, 0) is 93.4 Å². The van der Waals surface area contributed by atoms with Crippen molar-refractivity contribution in [2.24, 2.45) is 39.9 Å². The van der Waals surface area contributed by atoms with E-state index in [1.807, 2.05) is 6.92 Å². The standard InChI is InChI=1S/C39H56N2O9S2/c1-8-37(6)21-32(38(7)23(3)16-18-39(24(4)35(37)45)19-17-30(43)34(38)39)50-33(44)22-51-31-15-10-26(36(46)49-9-2)20-29(31)41-52(47,48)28-13-11-27(12-14-28)40-25(5)42/h8,11-14,23-24,26,29,31-32,34-35,41,45H,1,9-10,15-22H2,2-7H3,(H,40,42)/t23-,24+,26+,29-,31-,32-,34+,35+,37-,38+,39+/m1/s1. The summed E-state index contributed by atoms with van der Waals surface area (Å²) in [5.41, 5.74) is -1.32. The molecular weight excluding hydrogens is 705 g/mol. The Morgan fingerprint density at radius 3 is 2.42 bits per heavy atom. The molecule has 0 spiro atoms. The number of carbonyl (C=O) groups excluding carboxylic acids is 4. The first-order valence-corrected chi connectivity index (χ1v) is 21.2. The highest BCUT2D eigenvalue weighted by Gasteiger charge is 2.68. The van der Waals surface area contributed by atoms with Crippen molar-refractivity contribution in [3.05, 3.63) is 36.9 Å². The lowest BCUT2D eigenvalue weighted by Gasteiger charge is -2.61. The molecule has 1 amide bonds. The molecule has 0 radical (unpaired) electrons. The first kappa shape index (κ1) is 40.4. The molecule has 13 heteroatoms. The van der Waals surface area contributed by atoms with Crippen LogP contribution in [0.2, 0.25) is 0 Å². The molecule has 4 saturated carbocycles. The summed E-state index contributed by atoms with van der Waals surface area (Å²) in [6.45, 7) is 15.7. The first-order chi connectivity index (χ1) is 24.4. The predicted molar refractivity (Wildman–Crippen MR) is 200 cm³/mol. The van der Waals surface area contributed by atoms with E-state index in [0.29, 0.717) is 37.8 Å². The number of sulfonamides is 1. The van der Waals surface area contributed by atoms with Gasteiger partial charge in [0, 0.05) is 47.1 Å². The number of aliphatic hydroxyl groups excluding tert-OH is 1. The minimum absolute atomic E-state index is 0.00135. The summed E-state index contributed by atoms with van der Waals surface area (Å²) in [5, 5.41) is 14.1. The van der Waals surface area contributed by atoms with E-state index in [0.717, 1.165) is 12.8 Å². The number of anilines is 1. The second-order valence-corrected chi connectivity index (χ2v) is 19.1. The highest BCUT2D eigenvalue weighted by molar-refractivity contribution is 8.00. The van der Waals surface area contributed by atoms with Crippen LogP contribution in [0.4, 0.5) is 5.69 Å². The fraction of sp³-hybridized carbons (Fsp3) is 0.692. The van der Waals surface area contributed by atoms with E-state index in [1.54, 1.807) is 13.0 Å². The van der Waals surface area contributed by atoms with Crippen LogP contribution < -0.4 is 10.0 Å². The Labute approximate surface area is 312 Å². The Morgan fingerprint density at radius 2 is 1.79 bits per heavy atom. The van der Waals surface area contributed by atoms with Gasteiger partial charge in [0.2, 0.25) is 15.9 Å². The van der Waals surface area contributed by atoms with Crippen LogP contribution in [0, 0.1) is 39.9 Å². The molecule has 288 valence electrons. The minimum atomic E-state index is -4.04. The average molecular weight is 761 g/mol. The summed E-state index contributed by atoms with van der Waals surface area (Å²) < 4.78 is 41.7. The van der Waals surface area contributed by atoms with Crippen molar-refractivity contribution in [2.45, 2.75) is 121 Å². The molecule has 4 aliphatic rings. The maximum absolute atomic E-state index is 13.9. The number of hydrogen-bond acceptors (Lipinski definition) is 10. The molecule has 1 aromatic rings. The molecule has 0 aliphatic heterocycles. The van der Waals surface area contributed by atoms with Gasteiger partial charge in [0.05, 0.1) is 29.3 Å². The van der Waals surface area contributed by atoms with Crippen molar-refractivity contribution in [1.82, 2.24) is 4.72 Å².